The summed E-state index contributed by atoms with van der Waals surface area (Å²) in [5.41, 5.74) is 2.49. The maximum absolute atomic E-state index is 14.1. The van der Waals surface area contributed by atoms with Crippen molar-refractivity contribution in [1.29, 1.82) is 0 Å². The number of benzene rings is 1. The van der Waals surface area contributed by atoms with Gasteiger partial charge in [0.25, 0.3) is 0 Å². The number of allylic oxidation sites excluding steroid dienone is 3. The summed E-state index contributed by atoms with van der Waals surface area (Å²) < 4.78 is 21.5. The number of carbonyl (C=O) groups excluding carboxylic acids is 1. The molecule has 5 heteroatoms. The number of hydrogen-bond acceptors (Lipinski definition) is 3. The van der Waals surface area contributed by atoms with Crippen molar-refractivity contribution in [3.63, 3.8) is 0 Å². The summed E-state index contributed by atoms with van der Waals surface area (Å²) in [6.45, 7) is 30.6. The fourth-order valence-electron chi connectivity index (χ4n) is 3.07. The van der Waals surface area contributed by atoms with Gasteiger partial charge >= 0.3 is 0 Å². The van der Waals surface area contributed by atoms with Gasteiger partial charge in [0.1, 0.15) is 0 Å². The Morgan fingerprint density at radius 1 is 1.03 bits per heavy atom. The smallest absolute Gasteiger partial charge is 0.192 e. The third-order valence-electron chi connectivity index (χ3n) is 4.37. The first-order valence-corrected chi connectivity index (χ1v) is 14.1. The molecule has 0 unspecified atom stereocenters. The molecule has 0 spiro atoms. The molecule has 1 heterocycles. The van der Waals surface area contributed by atoms with Crippen molar-refractivity contribution in [3.8, 4) is 5.75 Å². The first kappa shape index (κ1) is 39.6. The van der Waals surface area contributed by atoms with Crippen molar-refractivity contribution in [1.82, 2.24) is 4.57 Å². The molecule has 0 aliphatic heterocycles. The summed E-state index contributed by atoms with van der Waals surface area (Å²) in [6.07, 6.45) is 4.25. The second kappa shape index (κ2) is 23.2. The van der Waals surface area contributed by atoms with Crippen LogP contribution in [0.5, 0.6) is 5.75 Å². The Morgan fingerprint density at radius 2 is 1.55 bits per heavy atom. The monoisotopic (exact) mass is 531 g/mol. The Bertz CT molecular complexity index is 1030. The Labute approximate surface area is 232 Å². The molecule has 1 aromatic carbocycles. The standard InChI is InChI=1S/C23H26FNO3.C4H10.3C2H6/c1-6-11-25-14-19(17(5)26)22(27)13-21(25)16(4)12-15(3)18-9-8-10-20(24)23(18)28-7-2;1-4(2)3;3*1-2/h8-10,12-14H,3,6-7,11H2,1-2,4-5H3;4H,1-3H3;3*1-2H3/b16-12+;;;;. The number of carbonyl (C=O) groups is 1. The van der Waals surface area contributed by atoms with E-state index in [-0.39, 0.29) is 22.5 Å². The molecule has 0 atom stereocenters. The van der Waals surface area contributed by atoms with Crippen LogP contribution in [0.3, 0.4) is 0 Å². The number of aromatic nitrogens is 1. The normalized spacial score (nSPS) is 9.82. The van der Waals surface area contributed by atoms with E-state index in [0.29, 0.717) is 30.0 Å². The van der Waals surface area contributed by atoms with Gasteiger partial charge in [-0.1, -0.05) is 87.9 Å². The first-order valence-electron chi connectivity index (χ1n) is 14.1. The number of halogens is 1. The van der Waals surface area contributed by atoms with E-state index in [2.05, 4.69) is 27.4 Å². The van der Waals surface area contributed by atoms with Gasteiger partial charge < -0.3 is 9.30 Å². The van der Waals surface area contributed by atoms with Crippen LogP contribution in [-0.4, -0.2) is 17.0 Å². The molecule has 0 saturated heterocycles. The maximum atomic E-state index is 14.1. The van der Waals surface area contributed by atoms with Gasteiger partial charge in [-0.25, -0.2) is 4.39 Å². The van der Waals surface area contributed by atoms with Gasteiger partial charge in [0.15, 0.2) is 22.8 Å². The van der Waals surface area contributed by atoms with E-state index in [0.717, 1.165) is 17.9 Å². The molecule has 2 rings (SSSR count). The Hall–Kier alpha value is -2.95. The number of hydrogen-bond donors (Lipinski definition) is 0. The van der Waals surface area contributed by atoms with Crippen LogP contribution in [-0.2, 0) is 6.54 Å². The predicted molar refractivity (Wildman–Crippen MR) is 166 cm³/mol. The van der Waals surface area contributed by atoms with Crippen LogP contribution in [0.4, 0.5) is 4.39 Å². The van der Waals surface area contributed by atoms with Crippen molar-refractivity contribution >= 4 is 16.9 Å². The van der Waals surface area contributed by atoms with Crippen LogP contribution in [0.2, 0.25) is 0 Å². The zero-order chi connectivity index (χ0) is 30.4. The number of Topliss-reactive ketones (excluding diaryl/α,β-unsaturated/α-hetero) is 1. The number of ether oxygens (including phenoxy) is 1. The lowest BCUT2D eigenvalue weighted by atomic mass is 10.0. The third-order valence-corrected chi connectivity index (χ3v) is 4.37. The lowest BCUT2D eigenvalue weighted by molar-refractivity contribution is 0.101. The molecular formula is C33H54FNO3. The number of aryl methyl sites for hydroxylation is 1. The van der Waals surface area contributed by atoms with Gasteiger partial charge in [-0.15, -0.1) is 0 Å². The van der Waals surface area contributed by atoms with Gasteiger partial charge in [0.2, 0.25) is 0 Å². The van der Waals surface area contributed by atoms with Crippen molar-refractivity contribution in [2.45, 2.75) is 103 Å². The zero-order valence-corrected chi connectivity index (χ0v) is 26.4. The quantitative estimate of drug-likeness (QED) is 0.251. The Morgan fingerprint density at radius 3 is 2.00 bits per heavy atom. The van der Waals surface area contributed by atoms with Gasteiger partial charge in [0.05, 0.1) is 12.2 Å². The molecule has 0 aliphatic rings. The summed E-state index contributed by atoms with van der Waals surface area (Å²) in [5, 5.41) is 0. The largest absolute Gasteiger partial charge is 0.490 e. The Kier molecular flexibility index (Phi) is 24.1. The topological polar surface area (TPSA) is 48.3 Å². The molecule has 216 valence electrons. The highest BCUT2D eigenvalue weighted by Gasteiger charge is 2.14. The van der Waals surface area contributed by atoms with E-state index >= 15 is 0 Å². The summed E-state index contributed by atoms with van der Waals surface area (Å²) >= 11 is 0. The third kappa shape index (κ3) is 14.1. The lowest BCUT2D eigenvalue weighted by Gasteiger charge is -2.16. The molecule has 4 nitrogen and oxygen atoms in total. The van der Waals surface area contributed by atoms with E-state index in [1.807, 2.05) is 60.0 Å². The molecule has 0 bridgehead atoms. The minimum absolute atomic E-state index is 0.164. The van der Waals surface area contributed by atoms with Gasteiger partial charge in [-0.2, -0.15) is 0 Å². The van der Waals surface area contributed by atoms with E-state index < -0.39 is 5.82 Å². The summed E-state index contributed by atoms with van der Waals surface area (Å²) in [6, 6.07) is 6.17. The van der Waals surface area contributed by atoms with Crippen LogP contribution in [0.15, 0.2) is 47.9 Å². The number of para-hydroxylation sites is 1. The van der Waals surface area contributed by atoms with Crippen LogP contribution in [0, 0.1) is 11.7 Å². The SMILES string of the molecule is C=C(/C=C(\C)c1cc(=O)c(C(C)=O)cn1CCC)c1cccc(F)c1OCC.CC.CC.CC.CC(C)C. The number of rotatable bonds is 8. The maximum Gasteiger partial charge on any atom is 0.192 e. The molecule has 1 aromatic heterocycles. The van der Waals surface area contributed by atoms with Crippen molar-refractivity contribution < 1.29 is 13.9 Å². The second-order valence-corrected chi connectivity index (χ2v) is 8.32. The minimum Gasteiger partial charge on any atom is -0.490 e. The molecule has 0 saturated carbocycles. The van der Waals surface area contributed by atoms with Crippen molar-refractivity contribution in [2.24, 2.45) is 5.92 Å². The second-order valence-electron chi connectivity index (χ2n) is 8.32. The average molecular weight is 532 g/mol. The highest BCUT2D eigenvalue weighted by molar-refractivity contribution is 5.94. The number of pyridine rings is 1. The average Bonchev–Trinajstić information content (AvgIpc) is 2.89. The summed E-state index contributed by atoms with van der Waals surface area (Å²) in [7, 11) is 0. The fraction of sp³-hybridized carbons (Fsp3) is 0.515. The highest BCUT2D eigenvalue weighted by atomic mass is 19.1. The van der Waals surface area contributed by atoms with Crippen molar-refractivity contribution in [2.75, 3.05) is 6.61 Å². The van der Waals surface area contributed by atoms with Crippen LogP contribution >= 0.6 is 0 Å². The van der Waals surface area contributed by atoms with Gasteiger partial charge in [-0.3, -0.25) is 9.59 Å². The predicted octanol–water partition coefficient (Wildman–Crippen LogP) is 9.86. The molecule has 0 radical (unpaired) electrons. The van der Waals surface area contributed by atoms with Crippen LogP contribution in [0.25, 0.3) is 11.1 Å². The van der Waals surface area contributed by atoms with Crippen molar-refractivity contribution in [3.05, 3.63) is 76.0 Å². The summed E-state index contributed by atoms with van der Waals surface area (Å²) in [4.78, 5) is 24.0. The van der Waals surface area contributed by atoms with E-state index in [4.69, 9.17) is 4.74 Å². The molecular weight excluding hydrogens is 477 g/mol. The molecule has 38 heavy (non-hydrogen) atoms. The Balaban J connectivity index is -0.00000108. The van der Waals surface area contributed by atoms with Crippen LogP contribution in [0.1, 0.15) is 118 Å². The van der Waals surface area contributed by atoms with E-state index in [1.165, 1.54) is 19.1 Å². The van der Waals surface area contributed by atoms with Crippen LogP contribution < -0.4 is 10.2 Å². The lowest BCUT2D eigenvalue weighted by Crippen LogP contribution is -2.18. The zero-order valence-electron chi connectivity index (χ0n) is 26.4. The van der Waals surface area contributed by atoms with Gasteiger partial charge in [0, 0.05) is 30.1 Å². The first-order chi connectivity index (χ1) is 18.0. The van der Waals surface area contributed by atoms with Gasteiger partial charge in [-0.05, 0) is 56.4 Å². The molecule has 0 N–H and O–H groups in total. The minimum atomic E-state index is -0.444. The highest BCUT2D eigenvalue weighted by Crippen LogP contribution is 2.30. The molecule has 2 aromatic rings. The van der Waals surface area contributed by atoms with E-state index in [9.17, 15) is 14.0 Å². The fourth-order valence-corrected chi connectivity index (χ4v) is 3.07. The number of ketones is 1. The molecule has 0 fully saturated rings. The number of nitrogens with zero attached hydrogens (tertiary/aromatic N) is 1. The summed E-state index contributed by atoms with van der Waals surface area (Å²) in [5.74, 6) is 0.297. The van der Waals surface area contributed by atoms with E-state index in [1.54, 1.807) is 31.3 Å². The molecule has 0 amide bonds. The molecule has 0 aliphatic carbocycles.